The fourth-order valence-electron chi connectivity index (χ4n) is 3.99. The molecular formula is C19H33N5O2. The first kappa shape index (κ1) is 20.7. The van der Waals surface area contributed by atoms with E-state index in [1.807, 2.05) is 19.0 Å². The van der Waals surface area contributed by atoms with Crippen LogP contribution in [0.15, 0.2) is 0 Å². The van der Waals surface area contributed by atoms with Crippen molar-refractivity contribution in [3.63, 3.8) is 0 Å². The Morgan fingerprint density at radius 2 is 1.88 bits per heavy atom. The Bertz CT molecular complexity index is 529. The van der Waals surface area contributed by atoms with Crippen molar-refractivity contribution in [2.45, 2.75) is 62.9 Å². The first-order valence-electron chi connectivity index (χ1n) is 9.76. The molecule has 2 rings (SSSR count). The predicted octanol–water partition coefficient (Wildman–Crippen LogP) is 0.847. The summed E-state index contributed by atoms with van der Waals surface area (Å²) in [6.45, 7) is 1.33. The highest BCUT2D eigenvalue weighted by molar-refractivity contribution is 5.83. The first-order valence-corrected chi connectivity index (χ1v) is 9.76. The molecule has 0 bridgehead atoms. The Morgan fingerprint density at radius 1 is 1.27 bits per heavy atom. The number of nitriles is 1. The molecule has 0 spiro atoms. The van der Waals surface area contributed by atoms with Gasteiger partial charge in [0, 0.05) is 25.9 Å². The van der Waals surface area contributed by atoms with Crippen LogP contribution in [0.1, 0.15) is 51.4 Å². The van der Waals surface area contributed by atoms with Crippen LogP contribution in [-0.2, 0) is 9.59 Å². The molecule has 7 nitrogen and oxygen atoms in total. The third-order valence-corrected chi connectivity index (χ3v) is 5.65. The van der Waals surface area contributed by atoms with E-state index < -0.39 is 11.6 Å². The average molecular weight is 364 g/mol. The van der Waals surface area contributed by atoms with Gasteiger partial charge in [-0.2, -0.15) is 5.26 Å². The van der Waals surface area contributed by atoms with Crippen molar-refractivity contribution < 1.29 is 9.59 Å². The van der Waals surface area contributed by atoms with Gasteiger partial charge in [0.2, 0.25) is 11.8 Å². The number of piperidine rings is 1. The molecule has 1 aliphatic heterocycles. The maximum Gasteiger partial charge on any atom is 0.238 e. The van der Waals surface area contributed by atoms with Crippen LogP contribution in [0.25, 0.3) is 0 Å². The van der Waals surface area contributed by atoms with Gasteiger partial charge in [0.25, 0.3) is 0 Å². The summed E-state index contributed by atoms with van der Waals surface area (Å²) in [5, 5.41) is 12.5. The molecule has 26 heavy (non-hydrogen) atoms. The highest BCUT2D eigenvalue weighted by atomic mass is 16.2. The van der Waals surface area contributed by atoms with Gasteiger partial charge in [-0.25, -0.2) is 0 Å². The summed E-state index contributed by atoms with van der Waals surface area (Å²) in [7, 11) is 3.71. The molecule has 1 unspecified atom stereocenters. The lowest BCUT2D eigenvalue weighted by Gasteiger charge is -2.38. The highest BCUT2D eigenvalue weighted by Gasteiger charge is 2.38. The third-order valence-electron chi connectivity index (χ3n) is 5.65. The molecule has 3 N–H and O–H groups in total. The van der Waals surface area contributed by atoms with Gasteiger partial charge in [0.1, 0.15) is 5.54 Å². The van der Waals surface area contributed by atoms with Crippen molar-refractivity contribution >= 4 is 11.8 Å². The topological polar surface area (TPSA) is 102 Å². The number of carbonyl (C=O) groups is 2. The van der Waals surface area contributed by atoms with Gasteiger partial charge in [0.15, 0.2) is 0 Å². The molecule has 1 heterocycles. The molecule has 0 aromatic heterocycles. The van der Waals surface area contributed by atoms with Crippen molar-refractivity contribution in [1.82, 2.24) is 15.1 Å². The molecule has 7 heteroatoms. The van der Waals surface area contributed by atoms with Gasteiger partial charge in [0.05, 0.1) is 18.7 Å². The Balaban J connectivity index is 1.85. The zero-order valence-electron chi connectivity index (χ0n) is 16.2. The summed E-state index contributed by atoms with van der Waals surface area (Å²) in [5.74, 6) is 0.347. The molecule has 2 amide bonds. The first-order chi connectivity index (χ1) is 12.3. The molecule has 0 aromatic carbocycles. The lowest BCUT2D eigenvalue weighted by molar-refractivity contribution is -0.133. The molecule has 1 aliphatic carbocycles. The summed E-state index contributed by atoms with van der Waals surface area (Å²) in [6.07, 6.45) is 7.60. The molecule has 2 fully saturated rings. The highest BCUT2D eigenvalue weighted by Crippen LogP contribution is 2.27. The maximum absolute atomic E-state index is 12.5. The largest absolute Gasteiger partial charge is 0.341 e. The van der Waals surface area contributed by atoms with E-state index in [9.17, 15) is 14.9 Å². The number of hydrogen-bond donors (Lipinski definition) is 2. The second-order valence-electron chi connectivity index (χ2n) is 8.15. The molecule has 146 valence electrons. The summed E-state index contributed by atoms with van der Waals surface area (Å²) >= 11 is 0. The van der Waals surface area contributed by atoms with Crippen LogP contribution in [0.5, 0.6) is 0 Å². The number of nitrogens with zero attached hydrogens (tertiary/aromatic N) is 3. The van der Waals surface area contributed by atoms with Crippen LogP contribution >= 0.6 is 0 Å². The number of likely N-dealkylation sites (N-methyl/N-ethyl adjacent to an activating group) is 1. The number of amides is 2. The summed E-state index contributed by atoms with van der Waals surface area (Å²) in [5.41, 5.74) is 5.21. The molecule has 2 aliphatic rings. The van der Waals surface area contributed by atoms with Crippen LogP contribution in [0.2, 0.25) is 0 Å². The Hall–Kier alpha value is -1.65. The van der Waals surface area contributed by atoms with Gasteiger partial charge in [-0.15, -0.1) is 0 Å². The van der Waals surface area contributed by atoms with Crippen LogP contribution in [0.4, 0.5) is 0 Å². The van der Waals surface area contributed by atoms with Crippen molar-refractivity contribution in [1.29, 1.82) is 5.26 Å². The fourth-order valence-corrected chi connectivity index (χ4v) is 3.99. The van der Waals surface area contributed by atoms with E-state index in [1.165, 1.54) is 19.3 Å². The quantitative estimate of drug-likeness (QED) is 0.728. The average Bonchev–Trinajstić information content (AvgIpc) is 2.62. The van der Waals surface area contributed by atoms with Crippen molar-refractivity contribution in [3.8, 4) is 6.07 Å². The van der Waals surface area contributed by atoms with Crippen LogP contribution < -0.4 is 11.1 Å². The second-order valence-corrected chi connectivity index (χ2v) is 8.15. The standard InChI is InChI=1S/C19H33N5O2/c1-23(2)13-17(25)24-10-8-19(14-20,9-11-24)22-18(26)16(21)12-15-6-4-3-5-7-15/h15-16H,3-13,21H2,1-2H3,(H,22,26). The number of rotatable bonds is 6. The normalized spacial score (nSPS) is 21.9. The smallest absolute Gasteiger partial charge is 0.238 e. The summed E-state index contributed by atoms with van der Waals surface area (Å²) in [6, 6.07) is 1.71. The van der Waals surface area contributed by atoms with Crippen molar-refractivity contribution in [2.24, 2.45) is 11.7 Å². The van der Waals surface area contributed by atoms with Gasteiger partial charge in [-0.1, -0.05) is 32.1 Å². The zero-order chi connectivity index (χ0) is 19.2. The minimum atomic E-state index is -0.907. The number of hydrogen-bond acceptors (Lipinski definition) is 5. The maximum atomic E-state index is 12.5. The van der Waals surface area contributed by atoms with Gasteiger partial charge >= 0.3 is 0 Å². The number of carbonyl (C=O) groups excluding carboxylic acids is 2. The van der Waals surface area contributed by atoms with E-state index in [4.69, 9.17) is 5.73 Å². The Kier molecular flexibility index (Phi) is 7.42. The monoisotopic (exact) mass is 363 g/mol. The number of nitrogens with two attached hydrogens (primary N) is 1. The minimum Gasteiger partial charge on any atom is -0.341 e. The van der Waals surface area contributed by atoms with Crippen molar-refractivity contribution in [2.75, 3.05) is 33.7 Å². The molecule has 1 atom stereocenters. The molecular weight excluding hydrogens is 330 g/mol. The lowest BCUT2D eigenvalue weighted by Crippen LogP contribution is -2.59. The second kappa shape index (κ2) is 9.33. The van der Waals surface area contributed by atoms with Crippen LogP contribution in [0, 0.1) is 17.2 Å². The van der Waals surface area contributed by atoms with E-state index in [1.54, 1.807) is 4.90 Å². The third kappa shape index (κ3) is 5.68. The molecule has 1 saturated heterocycles. The van der Waals surface area contributed by atoms with E-state index in [0.29, 0.717) is 44.8 Å². The van der Waals surface area contributed by atoms with Crippen LogP contribution in [0.3, 0.4) is 0 Å². The van der Waals surface area contributed by atoms with E-state index in [0.717, 1.165) is 12.8 Å². The summed E-state index contributed by atoms with van der Waals surface area (Å²) < 4.78 is 0. The fraction of sp³-hybridized carbons (Fsp3) is 0.842. The molecule has 1 saturated carbocycles. The van der Waals surface area contributed by atoms with Gasteiger partial charge in [-0.3, -0.25) is 9.59 Å². The Morgan fingerprint density at radius 3 is 2.42 bits per heavy atom. The predicted molar refractivity (Wildman–Crippen MR) is 100 cm³/mol. The Labute approximate surface area is 156 Å². The van der Waals surface area contributed by atoms with E-state index in [2.05, 4.69) is 11.4 Å². The van der Waals surface area contributed by atoms with E-state index >= 15 is 0 Å². The molecule has 0 aromatic rings. The van der Waals surface area contributed by atoms with Gasteiger partial charge in [-0.05, 0) is 26.4 Å². The van der Waals surface area contributed by atoms with Crippen LogP contribution in [-0.4, -0.2) is 66.9 Å². The lowest BCUT2D eigenvalue weighted by atomic mass is 9.84. The molecule has 0 radical (unpaired) electrons. The minimum absolute atomic E-state index is 0.0573. The van der Waals surface area contributed by atoms with E-state index in [-0.39, 0.29) is 11.8 Å². The SMILES string of the molecule is CN(C)CC(=O)N1CCC(C#N)(NC(=O)C(N)CC2CCCCC2)CC1. The number of nitrogens with one attached hydrogen (secondary N) is 1. The summed E-state index contributed by atoms with van der Waals surface area (Å²) in [4.78, 5) is 28.3. The number of likely N-dealkylation sites (tertiary alicyclic amines) is 1. The van der Waals surface area contributed by atoms with Crippen molar-refractivity contribution in [3.05, 3.63) is 0 Å². The van der Waals surface area contributed by atoms with Gasteiger partial charge < -0.3 is 20.9 Å². The zero-order valence-corrected chi connectivity index (χ0v) is 16.2.